The molecule has 2 unspecified atom stereocenters. The van der Waals surface area contributed by atoms with E-state index in [1.807, 2.05) is 0 Å². The van der Waals surface area contributed by atoms with E-state index in [-0.39, 0.29) is 0 Å². The third kappa shape index (κ3) is 2.14. The third-order valence-corrected chi connectivity index (χ3v) is 4.73. The maximum Gasteiger partial charge on any atom is 0.124 e. The first kappa shape index (κ1) is 12.0. The predicted octanol–water partition coefficient (Wildman–Crippen LogP) is 3.54. The molecule has 18 heavy (non-hydrogen) atoms. The molecule has 1 aromatic carbocycles. The van der Waals surface area contributed by atoms with Gasteiger partial charge in [-0.05, 0) is 30.7 Å². The highest BCUT2D eigenvalue weighted by molar-refractivity contribution is 5.38. The number of fused-ring (bicyclic) bond motifs is 1. The van der Waals surface area contributed by atoms with Gasteiger partial charge in [0, 0.05) is 24.1 Å². The fraction of sp³-hybridized carbons (Fsp3) is 0.625. The van der Waals surface area contributed by atoms with Gasteiger partial charge >= 0.3 is 0 Å². The van der Waals surface area contributed by atoms with Gasteiger partial charge in [-0.1, -0.05) is 32.0 Å². The van der Waals surface area contributed by atoms with Crippen molar-refractivity contribution >= 4 is 0 Å². The summed E-state index contributed by atoms with van der Waals surface area (Å²) < 4.78 is 5.80. The number of benzene rings is 1. The molecule has 0 spiro atoms. The Kier molecular flexibility index (Phi) is 3.06. The number of ether oxygens (including phenoxy) is 1. The molecule has 0 saturated heterocycles. The van der Waals surface area contributed by atoms with Crippen molar-refractivity contribution in [1.82, 2.24) is 5.32 Å². The van der Waals surface area contributed by atoms with Crippen LogP contribution in [-0.4, -0.2) is 13.2 Å². The van der Waals surface area contributed by atoms with Gasteiger partial charge in [0.2, 0.25) is 0 Å². The van der Waals surface area contributed by atoms with Crippen molar-refractivity contribution in [1.29, 1.82) is 0 Å². The molecule has 0 bridgehead atoms. The van der Waals surface area contributed by atoms with E-state index < -0.39 is 0 Å². The van der Waals surface area contributed by atoms with E-state index in [2.05, 4.69) is 43.4 Å². The molecule has 1 N–H and O–H groups in total. The molecule has 1 aliphatic carbocycles. The number of hydrogen-bond donors (Lipinski definition) is 1. The van der Waals surface area contributed by atoms with Crippen molar-refractivity contribution in [3.63, 3.8) is 0 Å². The highest BCUT2D eigenvalue weighted by atomic mass is 16.5. The second-order valence-electron chi connectivity index (χ2n) is 6.04. The van der Waals surface area contributed by atoms with Crippen molar-refractivity contribution in [3.8, 4) is 5.75 Å². The molecule has 0 aromatic heterocycles. The quantitative estimate of drug-likeness (QED) is 0.876. The van der Waals surface area contributed by atoms with E-state index in [1.165, 1.54) is 24.8 Å². The number of nitrogens with one attached hydrogen (secondary N) is 1. The molecule has 0 amide bonds. The van der Waals surface area contributed by atoms with Gasteiger partial charge < -0.3 is 10.1 Å². The van der Waals surface area contributed by atoms with Crippen LogP contribution in [0.2, 0.25) is 0 Å². The summed E-state index contributed by atoms with van der Waals surface area (Å²) in [5.41, 5.74) is 1.94. The van der Waals surface area contributed by atoms with Crippen LogP contribution in [0.4, 0.5) is 0 Å². The van der Waals surface area contributed by atoms with E-state index in [4.69, 9.17) is 4.74 Å². The first-order valence-electron chi connectivity index (χ1n) is 7.19. The average Bonchev–Trinajstić information content (AvgIpc) is 3.18. The summed E-state index contributed by atoms with van der Waals surface area (Å²) in [4.78, 5) is 0. The zero-order chi connectivity index (χ0) is 12.6. The maximum atomic E-state index is 5.80. The normalized spacial score (nSPS) is 28.3. The van der Waals surface area contributed by atoms with Crippen LogP contribution in [0.3, 0.4) is 0 Å². The van der Waals surface area contributed by atoms with E-state index in [0.29, 0.717) is 17.4 Å². The van der Waals surface area contributed by atoms with Crippen LogP contribution in [0.25, 0.3) is 0 Å². The molecule has 0 radical (unpaired) electrons. The highest BCUT2D eigenvalue weighted by Gasteiger charge is 2.41. The molecule has 2 nitrogen and oxygen atoms in total. The van der Waals surface area contributed by atoms with E-state index >= 15 is 0 Å². The summed E-state index contributed by atoms with van der Waals surface area (Å²) in [6.45, 7) is 6.58. The zero-order valence-electron chi connectivity index (χ0n) is 11.4. The lowest BCUT2D eigenvalue weighted by molar-refractivity contribution is 0.183. The average molecular weight is 245 g/mol. The van der Waals surface area contributed by atoms with Crippen LogP contribution in [0.15, 0.2) is 24.3 Å². The summed E-state index contributed by atoms with van der Waals surface area (Å²) >= 11 is 0. The van der Waals surface area contributed by atoms with Crippen LogP contribution >= 0.6 is 0 Å². The van der Waals surface area contributed by atoms with Gasteiger partial charge in [0.05, 0.1) is 6.61 Å². The molecule has 1 saturated carbocycles. The van der Waals surface area contributed by atoms with Gasteiger partial charge in [-0.15, -0.1) is 0 Å². The zero-order valence-corrected chi connectivity index (χ0v) is 11.4. The monoisotopic (exact) mass is 245 g/mol. The van der Waals surface area contributed by atoms with E-state index in [0.717, 1.165) is 18.9 Å². The van der Waals surface area contributed by atoms with Gasteiger partial charge in [0.25, 0.3) is 0 Å². The Morgan fingerprint density at radius 3 is 2.83 bits per heavy atom. The topological polar surface area (TPSA) is 21.3 Å². The summed E-state index contributed by atoms with van der Waals surface area (Å²) in [7, 11) is 0. The number of hydrogen-bond acceptors (Lipinski definition) is 2. The lowest BCUT2D eigenvalue weighted by Crippen LogP contribution is -2.36. The van der Waals surface area contributed by atoms with Gasteiger partial charge in [-0.3, -0.25) is 0 Å². The third-order valence-electron chi connectivity index (χ3n) is 4.73. The number of para-hydroxylation sites is 1. The first-order valence-corrected chi connectivity index (χ1v) is 7.19. The van der Waals surface area contributed by atoms with E-state index in [1.54, 1.807) is 0 Å². The predicted molar refractivity (Wildman–Crippen MR) is 73.8 cm³/mol. The summed E-state index contributed by atoms with van der Waals surface area (Å²) in [6.07, 6.45) is 4.10. The minimum absolute atomic E-state index is 0.457. The van der Waals surface area contributed by atoms with Crippen LogP contribution in [0, 0.1) is 11.3 Å². The van der Waals surface area contributed by atoms with Crippen molar-refractivity contribution in [2.75, 3.05) is 13.2 Å². The maximum absolute atomic E-state index is 5.80. The molecule has 98 valence electrons. The molecule has 1 fully saturated rings. The van der Waals surface area contributed by atoms with Crippen LogP contribution in [-0.2, 0) is 0 Å². The fourth-order valence-electron chi connectivity index (χ4n) is 2.96. The Hall–Kier alpha value is -1.02. The molecule has 2 atom stereocenters. The van der Waals surface area contributed by atoms with Crippen molar-refractivity contribution in [3.05, 3.63) is 29.8 Å². The van der Waals surface area contributed by atoms with Crippen molar-refractivity contribution in [2.45, 2.75) is 39.2 Å². The summed E-state index contributed by atoms with van der Waals surface area (Å²) in [6, 6.07) is 8.91. The lowest BCUT2D eigenvalue weighted by atomic mass is 9.91. The SMILES string of the molecule is CCC1(CNC2c3ccccc3OCC2C)CC1. The first-order chi connectivity index (χ1) is 8.74. The van der Waals surface area contributed by atoms with E-state index in [9.17, 15) is 0 Å². The Balaban J connectivity index is 1.74. The van der Waals surface area contributed by atoms with Gasteiger partial charge in [0.15, 0.2) is 0 Å². The Morgan fingerprint density at radius 2 is 2.11 bits per heavy atom. The summed E-state index contributed by atoms with van der Waals surface area (Å²) in [5.74, 6) is 1.61. The molecular formula is C16H23NO. The van der Waals surface area contributed by atoms with Gasteiger partial charge in [-0.25, -0.2) is 0 Å². The molecular weight excluding hydrogens is 222 g/mol. The van der Waals surface area contributed by atoms with Crippen LogP contribution < -0.4 is 10.1 Å². The largest absolute Gasteiger partial charge is 0.493 e. The molecule has 3 rings (SSSR count). The summed E-state index contributed by atoms with van der Waals surface area (Å²) in [5, 5.41) is 3.80. The molecule has 1 heterocycles. The van der Waals surface area contributed by atoms with Gasteiger partial charge in [-0.2, -0.15) is 0 Å². The Morgan fingerprint density at radius 1 is 1.33 bits per heavy atom. The molecule has 2 aliphatic rings. The smallest absolute Gasteiger partial charge is 0.124 e. The second-order valence-corrected chi connectivity index (χ2v) is 6.04. The molecule has 2 heteroatoms. The molecule has 1 aliphatic heterocycles. The van der Waals surface area contributed by atoms with Crippen LogP contribution in [0.1, 0.15) is 44.7 Å². The van der Waals surface area contributed by atoms with Gasteiger partial charge in [0.1, 0.15) is 5.75 Å². The minimum atomic E-state index is 0.457. The fourth-order valence-corrected chi connectivity index (χ4v) is 2.96. The number of rotatable bonds is 4. The Bertz CT molecular complexity index is 425. The minimum Gasteiger partial charge on any atom is -0.493 e. The van der Waals surface area contributed by atoms with Crippen molar-refractivity contribution in [2.24, 2.45) is 11.3 Å². The van der Waals surface area contributed by atoms with Crippen molar-refractivity contribution < 1.29 is 4.74 Å². The molecule has 1 aromatic rings. The van der Waals surface area contributed by atoms with Crippen LogP contribution in [0.5, 0.6) is 5.75 Å². The second kappa shape index (κ2) is 4.58. The highest BCUT2D eigenvalue weighted by Crippen LogP contribution is 2.48. The Labute approximate surface area is 110 Å². The standard InChI is InChI=1S/C16H23NO/c1-3-16(8-9-16)11-17-15-12(2)10-18-14-7-5-4-6-13(14)15/h4-7,12,15,17H,3,8-11H2,1-2H3. The lowest BCUT2D eigenvalue weighted by Gasteiger charge is -2.33.